The summed E-state index contributed by atoms with van der Waals surface area (Å²) >= 11 is 0. The van der Waals surface area contributed by atoms with Gasteiger partial charge in [-0.05, 0) is 44.1 Å². The predicted octanol–water partition coefficient (Wildman–Crippen LogP) is 2.02. The number of rotatable bonds is 4. The SMILES string of the molecule is CCCNC1CCN(C2CCC(C)C2C)C1=O. The standard InChI is InChI=1S/C14H26N2O/c1-4-8-15-12-7-9-16(14(12)17)13-6-5-10(2)11(13)3/h10-13,15H,4-9H2,1-3H3. The van der Waals surface area contributed by atoms with E-state index in [1.807, 2.05) is 0 Å². The van der Waals surface area contributed by atoms with Gasteiger partial charge in [0.05, 0.1) is 6.04 Å². The van der Waals surface area contributed by atoms with Crippen molar-refractivity contribution in [3.05, 3.63) is 0 Å². The molecule has 1 saturated carbocycles. The van der Waals surface area contributed by atoms with Crippen LogP contribution in [0.5, 0.6) is 0 Å². The number of likely N-dealkylation sites (tertiary alicyclic amines) is 1. The van der Waals surface area contributed by atoms with Crippen molar-refractivity contribution in [2.45, 2.75) is 58.5 Å². The first-order valence-corrected chi connectivity index (χ1v) is 7.19. The van der Waals surface area contributed by atoms with Crippen LogP contribution in [-0.4, -0.2) is 36.0 Å². The summed E-state index contributed by atoms with van der Waals surface area (Å²) in [5.74, 6) is 1.80. The first kappa shape index (κ1) is 12.9. The van der Waals surface area contributed by atoms with Crippen LogP contribution in [0.4, 0.5) is 0 Å². The van der Waals surface area contributed by atoms with Gasteiger partial charge in [-0.25, -0.2) is 0 Å². The highest BCUT2D eigenvalue weighted by Crippen LogP contribution is 2.36. The van der Waals surface area contributed by atoms with Gasteiger partial charge in [0.15, 0.2) is 0 Å². The molecule has 0 aromatic heterocycles. The van der Waals surface area contributed by atoms with Gasteiger partial charge in [0.2, 0.25) is 5.91 Å². The van der Waals surface area contributed by atoms with E-state index < -0.39 is 0 Å². The molecule has 0 aromatic rings. The zero-order valence-corrected chi connectivity index (χ0v) is 11.4. The Morgan fingerprint density at radius 1 is 1.29 bits per heavy atom. The van der Waals surface area contributed by atoms with Gasteiger partial charge in [-0.1, -0.05) is 20.8 Å². The lowest BCUT2D eigenvalue weighted by molar-refractivity contribution is -0.132. The largest absolute Gasteiger partial charge is 0.338 e. The summed E-state index contributed by atoms with van der Waals surface area (Å²) in [5.41, 5.74) is 0. The summed E-state index contributed by atoms with van der Waals surface area (Å²) < 4.78 is 0. The normalized spacial score (nSPS) is 38.1. The van der Waals surface area contributed by atoms with Crippen molar-refractivity contribution in [3.8, 4) is 0 Å². The second-order valence-electron chi connectivity index (χ2n) is 5.81. The monoisotopic (exact) mass is 238 g/mol. The molecule has 1 aliphatic carbocycles. The molecule has 1 aliphatic heterocycles. The molecule has 1 N–H and O–H groups in total. The molecule has 0 radical (unpaired) electrons. The maximum Gasteiger partial charge on any atom is 0.240 e. The quantitative estimate of drug-likeness (QED) is 0.812. The van der Waals surface area contributed by atoms with Crippen molar-refractivity contribution < 1.29 is 4.79 Å². The lowest BCUT2D eigenvalue weighted by Gasteiger charge is -2.29. The van der Waals surface area contributed by atoms with E-state index in [0.717, 1.165) is 31.8 Å². The van der Waals surface area contributed by atoms with E-state index in [0.29, 0.717) is 17.9 Å². The smallest absolute Gasteiger partial charge is 0.240 e. The Labute approximate surface area is 105 Å². The Kier molecular flexibility index (Phi) is 4.08. The molecule has 0 spiro atoms. The third-order valence-corrected chi connectivity index (χ3v) is 4.70. The second-order valence-corrected chi connectivity index (χ2v) is 5.81. The minimum atomic E-state index is 0.0954. The topological polar surface area (TPSA) is 32.3 Å². The van der Waals surface area contributed by atoms with Crippen LogP contribution in [0, 0.1) is 11.8 Å². The number of carbonyl (C=O) groups is 1. The number of nitrogens with zero attached hydrogens (tertiary/aromatic N) is 1. The first-order valence-electron chi connectivity index (χ1n) is 7.19. The van der Waals surface area contributed by atoms with Gasteiger partial charge in [0, 0.05) is 12.6 Å². The zero-order valence-electron chi connectivity index (χ0n) is 11.4. The molecule has 17 heavy (non-hydrogen) atoms. The number of nitrogens with one attached hydrogen (secondary N) is 1. The van der Waals surface area contributed by atoms with Crippen LogP contribution in [0.1, 0.15) is 46.5 Å². The molecule has 4 unspecified atom stereocenters. The van der Waals surface area contributed by atoms with Crippen molar-refractivity contribution in [1.82, 2.24) is 10.2 Å². The van der Waals surface area contributed by atoms with Crippen molar-refractivity contribution >= 4 is 5.91 Å². The zero-order chi connectivity index (χ0) is 12.4. The molecule has 0 bridgehead atoms. The van der Waals surface area contributed by atoms with Gasteiger partial charge >= 0.3 is 0 Å². The molecule has 0 aromatic carbocycles. The van der Waals surface area contributed by atoms with Crippen molar-refractivity contribution in [2.24, 2.45) is 11.8 Å². The summed E-state index contributed by atoms with van der Waals surface area (Å²) in [6, 6.07) is 0.601. The molecular formula is C14H26N2O. The van der Waals surface area contributed by atoms with Crippen LogP contribution in [-0.2, 0) is 4.79 Å². The van der Waals surface area contributed by atoms with Gasteiger partial charge in [-0.2, -0.15) is 0 Å². The molecule has 1 heterocycles. The fourth-order valence-electron chi connectivity index (χ4n) is 3.32. The minimum Gasteiger partial charge on any atom is -0.338 e. The molecule has 2 rings (SSSR count). The highest BCUT2D eigenvalue weighted by atomic mass is 16.2. The molecule has 2 fully saturated rings. The first-order chi connectivity index (χ1) is 8.15. The lowest BCUT2D eigenvalue weighted by Crippen LogP contribution is -2.44. The molecule has 1 amide bonds. The maximum atomic E-state index is 12.3. The second kappa shape index (κ2) is 5.38. The summed E-state index contributed by atoms with van der Waals surface area (Å²) in [4.78, 5) is 14.5. The summed E-state index contributed by atoms with van der Waals surface area (Å²) in [6.07, 6.45) is 4.58. The average Bonchev–Trinajstić information content (AvgIpc) is 2.82. The number of hydrogen-bond acceptors (Lipinski definition) is 2. The van der Waals surface area contributed by atoms with Gasteiger partial charge in [-0.3, -0.25) is 4.79 Å². The van der Waals surface area contributed by atoms with E-state index in [2.05, 4.69) is 31.0 Å². The van der Waals surface area contributed by atoms with E-state index in [1.54, 1.807) is 0 Å². The van der Waals surface area contributed by atoms with Gasteiger partial charge in [0.25, 0.3) is 0 Å². The lowest BCUT2D eigenvalue weighted by atomic mass is 9.97. The van der Waals surface area contributed by atoms with Gasteiger partial charge < -0.3 is 10.2 Å². The highest BCUT2D eigenvalue weighted by molar-refractivity contribution is 5.84. The van der Waals surface area contributed by atoms with Crippen molar-refractivity contribution in [2.75, 3.05) is 13.1 Å². The van der Waals surface area contributed by atoms with E-state index in [9.17, 15) is 4.79 Å². The van der Waals surface area contributed by atoms with Crippen LogP contribution < -0.4 is 5.32 Å². The van der Waals surface area contributed by atoms with Crippen molar-refractivity contribution in [1.29, 1.82) is 0 Å². The minimum absolute atomic E-state index is 0.0954. The van der Waals surface area contributed by atoms with Crippen molar-refractivity contribution in [3.63, 3.8) is 0 Å². The Bertz CT molecular complexity index is 279. The molecule has 3 nitrogen and oxygen atoms in total. The summed E-state index contributed by atoms with van der Waals surface area (Å²) in [6.45, 7) is 8.69. The molecule has 2 aliphatic rings. The van der Waals surface area contributed by atoms with Gasteiger partial charge in [-0.15, -0.1) is 0 Å². The van der Waals surface area contributed by atoms with Crippen LogP contribution in [0.15, 0.2) is 0 Å². The Morgan fingerprint density at radius 3 is 2.65 bits per heavy atom. The average molecular weight is 238 g/mol. The van der Waals surface area contributed by atoms with Gasteiger partial charge in [0.1, 0.15) is 0 Å². The Balaban J connectivity index is 1.93. The van der Waals surface area contributed by atoms with E-state index >= 15 is 0 Å². The number of hydrogen-bond donors (Lipinski definition) is 1. The molecule has 4 atom stereocenters. The van der Waals surface area contributed by atoms with Crippen LogP contribution >= 0.6 is 0 Å². The number of carbonyl (C=O) groups excluding carboxylic acids is 1. The molecule has 3 heteroatoms. The maximum absolute atomic E-state index is 12.3. The summed E-state index contributed by atoms with van der Waals surface area (Å²) in [7, 11) is 0. The van der Waals surface area contributed by atoms with Crippen LogP contribution in [0.2, 0.25) is 0 Å². The fraction of sp³-hybridized carbons (Fsp3) is 0.929. The Hall–Kier alpha value is -0.570. The third-order valence-electron chi connectivity index (χ3n) is 4.70. The summed E-state index contributed by atoms with van der Waals surface area (Å²) in [5, 5.41) is 3.37. The molecule has 1 saturated heterocycles. The molecular weight excluding hydrogens is 212 g/mol. The Morgan fingerprint density at radius 2 is 2.06 bits per heavy atom. The van der Waals surface area contributed by atoms with Crippen LogP contribution in [0.3, 0.4) is 0 Å². The predicted molar refractivity (Wildman–Crippen MR) is 69.8 cm³/mol. The molecule has 98 valence electrons. The van der Waals surface area contributed by atoms with E-state index in [1.165, 1.54) is 12.8 Å². The van der Waals surface area contributed by atoms with E-state index in [4.69, 9.17) is 0 Å². The highest BCUT2D eigenvalue weighted by Gasteiger charge is 2.41. The number of amides is 1. The van der Waals surface area contributed by atoms with E-state index in [-0.39, 0.29) is 6.04 Å². The third kappa shape index (κ3) is 2.49. The fourth-order valence-corrected chi connectivity index (χ4v) is 3.32. The van der Waals surface area contributed by atoms with Crippen LogP contribution in [0.25, 0.3) is 0 Å².